The van der Waals surface area contributed by atoms with Crippen molar-refractivity contribution in [2.24, 2.45) is 0 Å². The highest BCUT2D eigenvalue weighted by Gasteiger charge is 2.27. The number of halogens is 4. The van der Waals surface area contributed by atoms with Crippen LogP contribution in [0.4, 0.5) is 0 Å². The molecule has 0 fully saturated rings. The van der Waals surface area contributed by atoms with Gasteiger partial charge in [-0.3, -0.25) is 0 Å². The van der Waals surface area contributed by atoms with Gasteiger partial charge in [-0.1, -0.05) is 0 Å². The Morgan fingerprint density at radius 3 is 1.00 bits per heavy atom. The summed E-state index contributed by atoms with van der Waals surface area (Å²) in [5, 5.41) is 17.8. The largest absolute Gasteiger partial charge is 0.387 e. The van der Waals surface area contributed by atoms with E-state index in [0.717, 1.165) is 0 Å². The summed E-state index contributed by atoms with van der Waals surface area (Å²) >= 11 is 20.8. The summed E-state index contributed by atoms with van der Waals surface area (Å²) in [6.45, 7) is 0. The molecule has 0 rings (SSSR count). The fourth-order valence-corrected chi connectivity index (χ4v) is 0.894. The molecule has 0 amide bonds. The Kier molecular flexibility index (Phi) is 5.38. The summed E-state index contributed by atoms with van der Waals surface area (Å²) in [5.74, 6) is 0. The lowest BCUT2D eigenvalue weighted by atomic mass is 10.2. The number of hydrogen-bond donors (Lipinski definition) is 2. The molecule has 2 N–H and O–H groups in total. The molecule has 0 saturated carbocycles. The van der Waals surface area contributed by atoms with Crippen molar-refractivity contribution in [3.63, 3.8) is 0 Å². The Morgan fingerprint density at radius 1 is 0.700 bits per heavy atom. The molecule has 0 heterocycles. The zero-order chi connectivity index (χ0) is 8.31. The van der Waals surface area contributed by atoms with Gasteiger partial charge in [-0.2, -0.15) is 0 Å². The van der Waals surface area contributed by atoms with Crippen LogP contribution >= 0.6 is 46.4 Å². The van der Waals surface area contributed by atoms with Crippen LogP contribution in [0.15, 0.2) is 0 Å². The van der Waals surface area contributed by atoms with Crippen molar-refractivity contribution < 1.29 is 10.2 Å². The van der Waals surface area contributed by atoms with Gasteiger partial charge in [0.15, 0.2) is 0 Å². The van der Waals surface area contributed by atoms with E-state index in [4.69, 9.17) is 56.6 Å². The van der Waals surface area contributed by atoms with Crippen molar-refractivity contribution in [2.45, 2.75) is 21.9 Å². The highest BCUT2D eigenvalue weighted by atomic mass is 35.5. The van der Waals surface area contributed by atoms with E-state index in [-0.39, 0.29) is 0 Å². The third kappa shape index (κ3) is 3.46. The summed E-state index contributed by atoms with van der Waals surface area (Å²) in [6, 6.07) is 0. The maximum Gasteiger partial charge on any atom is 0.136 e. The Balaban J connectivity index is 3.81. The first kappa shape index (κ1) is 11.1. The first-order valence-electron chi connectivity index (χ1n) is 2.39. The van der Waals surface area contributed by atoms with Crippen LogP contribution < -0.4 is 0 Å². The summed E-state index contributed by atoms with van der Waals surface area (Å²) in [5.41, 5.74) is 0. The van der Waals surface area contributed by atoms with Gasteiger partial charge in [0, 0.05) is 0 Å². The van der Waals surface area contributed by atoms with Crippen LogP contribution in [0.5, 0.6) is 0 Å². The van der Waals surface area contributed by atoms with E-state index in [2.05, 4.69) is 0 Å². The summed E-state index contributed by atoms with van der Waals surface area (Å²) < 4.78 is 0. The number of aliphatic hydroxyl groups is 2. The predicted molar refractivity (Wildman–Crippen MR) is 43.0 cm³/mol. The summed E-state index contributed by atoms with van der Waals surface area (Å²) in [6.07, 6.45) is -2.63. The standard InChI is InChI=1S/C4H6Cl4O2/c5-3(6)1(9)2(10)4(7)8/h1-4,9-10H/t1-,2-/m1/s1. The number of alkyl halides is 4. The van der Waals surface area contributed by atoms with Gasteiger partial charge < -0.3 is 10.2 Å². The molecule has 0 bridgehead atoms. The minimum Gasteiger partial charge on any atom is -0.387 e. The van der Waals surface area contributed by atoms with Gasteiger partial charge in [-0.25, -0.2) is 0 Å². The van der Waals surface area contributed by atoms with E-state index >= 15 is 0 Å². The smallest absolute Gasteiger partial charge is 0.136 e. The molecule has 62 valence electrons. The number of rotatable bonds is 3. The monoisotopic (exact) mass is 226 g/mol. The normalized spacial score (nSPS) is 18.0. The van der Waals surface area contributed by atoms with E-state index in [1.165, 1.54) is 0 Å². The molecule has 2 atom stereocenters. The van der Waals surface area contributed by atoms with Crippen molar-refractivity contribution in [1.29, 1.82) is 0 Å². The van der Waals surface area contributed by atoms with Crippen molar-refractivity contribution in [3.05, 3.63) is 0 Å². The molecule has 0 aliphatic heterocycles. The molecule has 0 radical (unpaired) electrons. The molecule has 2 nitrogen and oxygen atoms in total. The van der Waals surface area contributed by atoms with E-state index in [0.29, 0.717) is 0 Å². The molecular formula is C4H6Cl4O2. The van der Waals surface area contributed by atoms with E-state index in [1.54, 1.807) is 0 Å². The third-order valence-corrected chi connectivity index (χ3v) is 1.90. The minimum atomic E-state index is -1.32. The SMILES string of the molecule is O[C@@H](C(Cl)Cl)[C@@H](O)C(Cl)Cl. The van der Waals surface area contributed by atoms with Gasteiger partial charge in [-0.15, -0.1) is 46.4 Å². The summed E-state index contributed by atoms with van der Waals surface area (Å²) in [7, 11) is 0. The fraction of sp³-hybridized carbons (Fsp3) is 1.00. The predicted octanol–water partition coefficient (Wildman–Crippen LogP) is 1.32. The number of aliphatic hydroxyl groups excluding tert-OH is 2. The number of hydrogen-bond acceptors (Lipinski definition) is 2. The van der Waals surface area contributed by atoms with Crippen LogP contribution in [0.25, 0.3) is 0 Å². The average molecular weight is 228 g/mol. The molecule has 0 aromatic heterocycles. The molecule has 0 aromatic carbocycles. The van der Waals surface area contributed by atoms with Crippen LogP contribution in [-0.4, -0.2) is 32.1 Å². The second-order valence-corrected chi connectivity index (χ2v) is 3.98. The maximum atomic E-state index is 8.88. The zero-order valence-corrected chi connectivity index (χ0v) is 7.74. The van der Waals surface area contributed by atoms with Gasteiger partial charge >= 0.3 is 0 Å². The van der Waals surface area contributed by atoms with Crippen molar-refractivity contribution in [2.75, 3.05) is 0 Å². The molecule has 0 aliphatic rings. The lowest BCUT2D eigenvalue weighted by Gasteiger charge is -2.18. The molecule has 6 heteroatoms. The molecular weight excluding hydrogens is 222 g/mol. The molecule has 0 spiro atoms. The van der Waals surface area contributed by atoms with Gasteiger partial charge in [0.1, 0.15) is 21.9 Å². The highest BCUT2D eigenvalue weighted by Crippen LogP contribution is 2.18. The molecule has 0 saturated heterocycles. The lowest BCUT2D eigenvalue weighted by Crippen LogP contribution is -2.36. The first-order chi connectivity index (χ1) is 4.46. The topological polar surface area (TPSA) is 40.5 Å². The molecule has 0 unspecified atom stereocenters. The molecule has 0 aliphatic carbocycles. The van der Waals surface area contributed by atoms with Crippen LogP contribution in [0.2, 0.25) is 0 Å². The van der Waals surface area contributed by atoms with Gasteiger partial charge in [-0.05, 0) is 0 Å². The molecule has 10 heavy (non-hydrogen) atoms. The van der Waals surface area contributed by atoms with E-state index < -0.39 is 21.9 Å². The maximum absolute atomic E-state index is 8.88. The average Bonchev–Trinajstić information content (AvgIpc) is 1.84. The van der Waals surface area contributed by atoms with Gasteiger partial charge in [0.25, 0.3) is 0 Å². The van der Waals surface area contributed by atoms with Crippen LogP contribution in [0, 0.1) is 0 Å². The van der Waals surface area contributed by atoms with Crippen molar-refractivity contribution in [3.8, 4) is 0 Å². The quantitative estimate of drug-likeness (QED) is 0.715. The van der Waals surface area contributed by atoms with Gasteiger partial charge in [0.05, 0.1) is 0 Å². The van der Waals surface area contributed by atoms with Crippen LogP contribution in [0.3, 0.4) is 0 Å². The fourth-order valence-electron chi connectivity index (χ4n) is 0.298. The first-order valence-corrected chi connectivity index (χ1v) is 4.14. The van der Waals surface area contributed by atoms with Crippen LogP contribution in [-0.2, 0) is 0 Å². The summed E-state index contributed by atoms with van der Waals surface area (Å²) in [4.78, 5) is -2.18. The Hall–Kier alpha value is 1.08. The van der Waals surface area contributed by atoms with Crippen molar-refractivity contribution in [1.82, 2.24) is 0 Å². The Morgan fingerprint density at radius 2 is 0.900 bits per heavy atom. The highest BCUT2D eigenvalue weighted by molar-refractivity contribution is 6.46. The third-order valence-electron chi connectivity index (χ3n) is 0.866. The Bertz CT molecular complexity index is 85.3. The van der Waals surface area contributed by atoms with Gasteiger partial charge in [0.2, 0.25) is 0 Å². The minimum absolute atomic E-state index is 1.09. The lowest BCUT2D eigenvalue weighted by molar-refractivity contribution is 0.0367. The van der Waals surface area contributed by atoms with E-state index in [9.17, 15) is 0 Å². The van der Waals surface area contributed by atoms with Crippen LogP contribution in [0.1, 0.15) is 0 Å². The second-order valence-electron chi connectivity index (χ2n) is 1.65. The Labute approximate surface area is 78.6 Å². The van der Waals surface area contributed by atoms with Crippen molar-refractivity contribution >= 4 is 46.4 Å². The zero-order valence-electron chi connectivity index (χ0n) is 4.72. The second kappa shape index (κ2) is 4.86. The van der Waals surface area contributed by atoms with E-state index in [1.807, 2.05) is 0 Å². The molecule has 0 aromatic rings.